The number of ether oxygens (including phenoxy) is 1. The van der Waals surface area contributed by atoms with E-state index in [-0.39, 0.29) is 11.6 Å². The van der Waals surface area contributed by atoms with Crippen LogP contribution in [-0.4, -0.2) is 17.3 Å². The lowest BCUT2D eigenvalue weighted by molar-refractivity contribution is 0.254. The Bertz CT molecular complexity index is 330. The van der Waals surface area contributed by atoms with Crippen molar-refractivity contribution in [2.45, 2.75) is 4.90 Å². The Morgan fingerprint density at radius 2 is 2.31 bits per heavy atom. The Hall–Kier alpha value is -0.940. The molecule has 1 atom stereocenters. The molecule has 0 saturated heterocycles. The SMILES string of the molecule is COCS(=O)c1ccc(N)c(F)c1. The van der Waals surface area contributed by atoms with Gasteiger partial charge in [0.1, 0.15) is 11.8 Å². The number of nitrogens with two attached hydrogens (primary N) is 1. The standard InChI is InChI=1S/C8H10FNO2S/c1-12-5-13(11)6-2-3-8(10)7(9)4-6/h2-4H,5,10H2,1H3. The van der Waals surface area contributed by atoms with Crippen LogP contribution in [0.4, 0.5) is 10.1 Å². The maximum absolute atomic E-state index is 12.9. The Balaban J connectivity index is 2.90. The molecular formula is C8H10FNO2S. The molecule has 0 spiro atoms. The molecule has 1 aromatic carbocycles. The zero-order valence-corrected chi connectivity index (χ0v) is 7.94. The topological polar surface area (TPSA) is 52.3 Å². The average molecular weight is 203 g/mol. The van der Waals surface area contributed by atoms with Gasteiger partial charge in [-0.2, -0.15) is 0 Å². The molecule has 1 aromatic rings. The van der Waals surface area contributed by atoms with Gasteiger partial charge in [0, 0.05) is 12.0 Å². The first kappa shape index (κ1) is 10.1. The van der Waals surface area contributed by atoms with Crippen molar-refractivity contribution in [1.82, 2.24) is 0 Å². The van der Waals surface area contributed by atoms with E-state index < -0.39 is 16.6 Å². The lowest BCUT2D eigenvalue weighted by atomic mass is 10.3. The minimum atomic E-state index is -1.32. The number of rotatable bonds is 3. The van der Waals surface area contributed by atoms with Crippen LogP contribution in [0.15, 0.2) is 23.1 Å². The van der Waals surface area contributed by atoms with E-state index in [9.17, 15) is 8.60 Å². The lowest BCUT2D eigenvalue weighted by Gasteiger charge is -2.02. The van der Waals surface area contributed by atoms with Crippen molar-refractivity contribution in [3.05, 3.63) is 24.0 Å². The second-order valence-electron chi connectivity index (χ2n) is 2.44. The van der Waals surface area contributed by atoms with Crippen LogP contribution in [0.3, 0.4) is 0 Å². The monoisotopic (exact) mass is 203 g/mol. The molecule has 5 heteroatoms. The average Bonchev–Trinajstić information content (AvgIpc) is 2.10. The van der Waals surface area contributed by atoms with Crippen LogP contribution in [0.25, 0.3) is 0 Å². The van der Waals surface area contributed by atoms with Gasteiger partial charge in [-0.3, -0.25) is 4.21 Å². The van der Waals surface area contributed by atoms with Crippen molar-refractivity contribution < 1.29 is 13.3 Å². The molecular weight excluding hydrogens is 193 g/mol. The molecule has 0 aliphatic rings. The second-order valence-corrected chi connectivity index (χ2v) is 3.83. The zero-order valence-electron chi connectivity index (χ0n) is 7.12. The molecule has 72 valence electrons. The maximum Gasteiger partial charge on any atom is 0.147 e. The highest BCUT2D eigenvalue weighted by Crippen LogP contribution is 2.14. The predicted octanol–water partition coefficient (Wildman–Crippen LogP) is 1.12. The Kier molecular flexibility index (Phi) is 3.39. The van der Waals surface area contributed by atoms with Crippen molar-refractivity contribution in [1.29, 1.82) is 0 Å². The molecule has 0 aliphatic heterocycles. The number of methoxy groups -OCH3 is 1. The Morgan fingerprint density at radius 3 is 2.85 bits per heavy atom. The third kappa shape index (κ3) is 2.50. The van der Waals surface area contributed by atoms with Crippen LogP contribution in [0.5, 0.6) is 0 Å². The van der Waals surface area contributed by atoms with Crippen molar-refractivity contribution in [2.75, 3.05) is 18.8 Å². The van der Waals surface area contributed by atoms with Gasteiger partial charge in [-0.05, 0) is 18.2 Å². The molecule has 0 fully saturated rings. The van der Waals surface area contributed by atoms with E-state index in [1.807, 2.05) is 0 Å². The molecule has 1 unspecified atom stereocenters. The molecule has 0 amide bonds. The molecule has 13 heavy (non-hydrogen) atoms. The number of benzene rings is 1. The summed E-state index contributed by atoms with van der Waals surface area (Å²) in [5.41, 5.74) is 5.31. The third-order valence-electron chi connectivity index (χ3n) is 1.46. The van der Waals surface area contributed by atoms with Crippen LogP contribution in [0.1, 0.15) is 0 Å². The van der Waals surface area contributed by atoms with E-state index in [0.29, 0.717) is 4.90 Å². The smallest absolute Gasteiger partial charge is 0.147 e. The van der Waals surface area contributed by atoms with Gasteiger partial charge in [-0.1, -0.05) is 0 Å². The van der Waals surface area contributed by atoms with Crippen LogP contribution >= 0.6 is 0 Å². The fraction of sp³-hybridized carbons (Fsp3) is 0.250. The van der Waals surface area contributed by atoms with E-state index >= 15 is 0 Å². The van der Waals surface area contributed by atoms with E-state index in [1.165, 1.54) is 19.2 Å². The minimum Gasteiger partial charge on any atom is -0.396 e. The fourth-order valence-electron chi connectivity index (χ4n) is 0.825. The van der Waals surface area contributed by atoms with E-state index in [0.717, 1.165) is 6.07 Å². The molecule has 0 heterocycles. The highest BCUT2D eigenvalue weighted by atomic mass is 32.2. The number of halogens is 1. The number of hydrogen-bond acceptors (Lipinski definition) is 3. The highest BCUT2D eigenvalue weighted by molar-refractivity contribution is 7.84. The largest absolute Gasteiger partial charge is 0.396 e. The number of nitrogen functional groups attached to an aromatic ring is 1. The van der Waals surface area contributed by atoms with Gasteiger partial charge in [0.2, 0.25) is 0 Å². The quantitative estimate of drug-likeness (QED) is 0.749. The lowest BCUT2D eigenvalue weighted by Crippen LogP contribution is -2.01. The first-order valence-electron chi connectivity index (χ1n) is 3.57. The zero-order chi connectivity index (χ0) is 9.84. The van der Waals surface area contributed by atoms with Crippen LogP contribution in [0, 0.1) is 5.82 Å². The summed E-state index contributed by atoms with van der Waals surface area (Å²) in [5, 5.41) is 0. The second kappa shape index (κ2) is 4.34. The van der Waals surface area contributed by atoms with Gasteiger partial charge < -0.3 is 10.5 Å². The fourth-order valence-corrected chi connectivity index (χ4v) is 1.63. The Labute approximate surface area is 78.2 Å². The predicted molar refractivity (Wildman–Crippen MR) is 49.1 cm³/mol. The van der Waals surface area contributed by atoms with Gasteiger partial charge in [0.15, 0.2) is 0 Å². The minimum absolute atomic E-state index is 0.0539. The summed E-state index contributed by atoms with van der Waals surface area (Å²) in [5.74, 6) is -0.495. The molecule has 3 nitrogen and oxygen atoms in total. The van der Waals surface area contributed by atoms with Gasteiger partial charge in [0.25, 0.3) is 0 Å². The normalized spacial score (nSPS) is 12.8. The van der Waals surface area contributed by atoms with Gasteiger partial charge >= 0.3 is 0 Å². The van der Waals surface area contributed by atoms with Crippen LogP contribution < -0.4 is 5.73 Å². The summed E-state index contributed by atoms with van der Waals surface area (Å²) in [6.07, 6.45) is 0. The maximum atomic E-state index is 12.9. The van der Waals surface area contributed by atoms with Gasteiger partial charge in [-0.25, -0.2) is 4.39 Å². The van der Waals surface area contributed by atoms with Crippen molar-refractivity contribution in [3.8, 4) is 0 Å². The molecule has 2 N–H and O–H groups in total. The summed E-state index contributed by atoms with van der Waals surface area (Å²) < 4.78 is 28.8. The van der Waals surface area contributed by atoms with E-state index in [2.05, 4.69) is 4.74 Å². The summed E-state index contributed by atoms with van der Waals surface area (Å²) >= 11 is 0. The van der Waals surface area contributed by atoms with Gasteiger partial charge in [0.05, 0.1) is 16.5 Å². The van der Waals surface area contributed by atoms with Crippen molar-refractivity contribution in [2.24, 2.45) is 0 Å². The summed E-state index contributed by atoms with van der Waals surface area (Å²) in [6.45, 7) is 0. The van der Waals surface area contributed by atoms with Crippen molar-refractivity contribution >= 4 is 16.5 Å². The molecule has 0 aromatic heterocycles. The molecule has 0 aliphatic carbocycles. The first-order chi connectivity index (χ1) is 6.15. The molecule has 1 rings (SSSR count). The van der Waals surface area contributed by atoms with E-state index in [1.54, 1.807) is 0 Å². The summed E-state index contributed by atoms with van der Waals surface area (Å²) in [7, 11) is 0.116. The number of anilines is 1. The molecule has 0 radical (unpaired) electrons. The van der Waals surface area contributed by atoms with Crippen LogP contribution in [0.2, 0.25) is 0 Å². The van der Waals surface area contributed by atoms with Crippen molar-refractivity contribution in [3.63, 3.8) is 0 Å². The first-order valence-corrected chi connectivity index (χ1v) is 4.89. The third-order valence-corrected chi connectivity index (χ3v) is 2.69. The highest BCUT2D eigenvalue weighted by Gasteiger charge is 2.05. The van der Waals surface area contributed by atoms with Crippen LogP contribution in [-0.2, 0) is 15.5 Å². The van der Waals surface area contributed by atoms with Gasteiger partial charge in [-0.15, -0.1) is 0 Å². The summed E-state index contributed by atoms with van der Waals surface area (Å²) in [6, 6.07) is 4.07. The summed E-state index contributed by atoms with van der Waals surface area (Å²) in [4.78, 5) is 0.383. The molecule has 0 saturated carbocycles. The molecule has 0 bridgehead atoms. The number of hydrogen-bond donors (Lipinski definition) is 1. The van der Waals surface area contributed by atoms with E-state index in [4.69, 9.17) is 5.73 Å². The Morgan fingerprint density at radius 1 is 1.62 bits per heavy atom.